The van der Waals surface area contributed by atoms with Gasteiger partial charge in [-0.25, -0.2) is 4.39 Å². The lowest BCUT2D eigenvalue weighted by Crippen LogP contribution is -2.51. The summed E-state index contributed by atoms with van der Waals surface area (Å²) in [6.07, 6.45) is 0. The Morgan fingerprint density at radius 3 is 2.38 bits per heavy atom. The van der Waals surface area contributed by atoms with Crippen molar-refractivity contribution in [3.63, 3.8) is 0 Å². The van der Waals surface area contributed by atoms with Gasteiger partial charge in [0.05, 0.1) is 19.3 Å². The van der Waals surface area contributed by atoms with Gasteiger partial charge >= 0.3 is 0 Å². The van der Waals surface area contributed by atoms with E-state index < -0.39 is 0 Å². The van der Waals surface area contributed by atoms with Crippen LogP contribution in [0.25, 0.3) is 0 Å². The van der Waals surface area contributed by atoms with Crippen molar-refractivity contribution in [3.8, 4) is 5.75 Å². The van der Waals surface area contributed by atoms with Crippen LogP contribution in [0.2, 0.25) is 0 Å². The fourth-order valence-corrected chi connectivity index (χ4v) is 3.20. The minimum atomic E-state index is -0.234. The first-order valence-electron chi connectivity index (χ1n) is 8.71. The van der Waals surface area contributed by atoms with Crippen molar-refractivity contribution in [2.45, 2.75) is 0 Å². The van der Waals surface area contributed by atoms with E-state index in [1.165, 1.54) is 12.1 Å². The number of amides is 1. The summed E-state index contributed by atoms with van der Waals surface area (Å²) in [5.74, 6) is 0.614. The number of para-hydroxylation sites is 2. The molecule has 0 aromatic heterocycles. The summed E-state index contributed by atoms with van der Waals surface area (Å²) < 4.78 is 18.4. The van der Waals surface area contributed by atoms with E-state index in [0.717, 1.165) is 30.2 Å². The van der Waals surface area contributed by atoms with Gasteiger partial charge in [-0.3, -0.25) is 4.79 Å². The smallest absolute Gasteiger partial charge is 0.242 e. The number of ether oxygens (including phenoxy) is 1. The second-order valence-corrected chi connectivity index (χ2v) is 6.37. The summed E-state index contributed by atoms with van der Waals surface area (Å²) in [7, 11) is 3.52. The number of piperazine rings is 1. The molecule has 0 N–H and O–H groups in total. The van der Waals surface area contributed by atoms with Crippen LogP contribution in [0, 0.1) is 5.82 Å². The first-order chi connectivity index (χ1) is 12.6. The van der Waals surface area contributed by atoms with Crippen molar-refractivity contribution in [3.05, 3.63) is 54.3 Å². The van der Waals surface area contributed by atoms with E-state index in [0.29, 0.717) is 19.6 Å². The summed E-state index contributed by atoms with van der Waals surface area (Å²) >= 11 is 0. The monoisotopic (exact) mass is 357 g/mol. The van der Waals surface area contributed by atoms with Crippen LogP contribution in [0.5, 0.6) is 5.75 Å². The molecule has 0 radical (unpaired) electrons. The molecule has 0 saturated carbocycles. The van der Waals surface area contributed by atoms with Crippen molar-refractivity contribution in [1.82, 2.24) is 4.90 Å². The maximum atomic E-state index is 13.1. The van der Waals surface area contributed by atoms with Gasteiger partial charge in [-0.2, -0.15) is 0 Å². The van der Waals surface area contributed by atoms with E-state index in [1.54, 1.807) is 19.2 Å². The largest absolute Gasteiger partial charge is 0.495 e. The van der Waals surface area contributed by atoms with Crippen molar-refractivity contribution in [2.75, 3.05) is 56.7 Å². The van der Waals surface area contributed by atoms with Gasteiger partial charge in [0, 0.05) is 38.9 Å². The molecular weight excluding hydrogens is 333 g/mol. The minimum absolute atomic E-state index is 0.0946. The van der Waals surface area contributed by atoms with Gasteiger partial charge < -0.3 is 19.4 Å². The third kappa shape index (κ3) is 4.07. The van der Waals surface area contributed by atoms with Crippen LogP contribution in [-0.4, -0.2) is 57.7 Å². The second kappa shape index (κ2) is 8.08. The molecule has 0 spiro atoms. The number of likely N-dealkylation sites (N-methyl/N-ethyl adjacent to an activating group) is 1. The van der Waals surface area contributed by atoms with Crippen LogP contribution in [0.1, 0.15) is 0 Å². The number of rotatable bonds is 5. The highest BCUT2D eigenvalue weighted by atomic mass is 19.1. The Morgan fingerprint density at radius 1 is 1.08 bits per heavy atom. The molecule has 2 aromatic carbocycles. The predicted molar refractivity (Wildman–Crippen MR) is 101 cm³/mol. The first kappa shape index (κ1) is 18.0. The van der Waals surface area contributed by atoms with Gasteiger partial charge in [0.25, 0.3) is 0 Å². The molecule has 6 heteroatoms. The maximum absolute atomic E-state index is 13.1. The first-order valence-corrected chi connectivity index (χ1v) is 8.71. The van der Waals surface area contributed by atoms with Gasteiger partial charge in [-0.15, -0.1) is 0 Å². The molecule has 1 aliphatic heterocycles. The quantitative estimate of drug-likeness (QED) is 0.824. The molecule has 138 valence electrons. The number of benzene rings is 2. The van der Waals surface area contributed by atoms with Crippen LogP contribution in [0.15, 0.2) is 48.5 Å². The van der Waals surface area contributed by atoms with E-state index in [1.807, 2.05) is 41.1 Å². The molecule has 0 atom stereocenters. The second-order valence-electron chi connectivity index (χ2n) is 6.37. The number of halogens is 1. The topological polar surface area (TPSA) is 36.0 Å². The Morgan fingerprint density at radius 2 is 1.73 bits per heavy atom. The minimum Gasteiger partial charge on any atom is -0.495 e. The van der Waals surface area contributed by atoms with Crippen LogP contribution in [0.3, 0.4) is 0 Å². The number of methoxy groups -OCH3 is 1. The zero-order chi connectivity index (χ0) is 18.5. The molecule has 0 bridgehead atoms. The summed E-state index contributed by atoms with van der Waals surface area (Å²) in [5, 5.41) is 0. The zero-order valence-corrected chi connectivity index (χ0v) is 15.2. The third-order valence-electron chi connectivity index (χ3n) is 4.69. The SMILES string of the molecule is COc1ccccc1N(C)CC(=O)N1CCN(c2ccc(F)cc2)CC1. The van der Waals surface area contributed by atoms with Crippen molar-refractivity contribution in [2.24, 2.45) is 0 Å². The van der Waals surface area contributed by atoms with Crippen molar-refractivity contribution in [1.29, 1.82) is 0 Å². The van der Waals surface area contributed by atoms with Gasteiger partial charge in [0.2, 0.25) is 5.91 Å². The highest BCUT2D eigenvalue weighted by Gasteiger charge is 2.22. The average molecular weight is 357 g/mol. The average Bonchev–Trinajstić information content (AvgIpc) is 2.68. The molecule has 1 aliphatic rings. The molecule has 5 nitrogen and oxygen atoms in total. The molecule has 1 heterocycles. The molecule has 0 unspecified atom stereocenters. The number of anilines is 2. The normalized spacial score (nSPS) is 14.3. The Bertz CT molecular complexity index is 743. The van der Waals surface area contributed by atoms with Gasteiger partial charge in [-0.1, -0.05) is 12.1 Å². The van der Waals surface area contributed by atoms with Gasteiger partial charge in [0.1, 0.15) is 11.6 Å². The van der Waals surface area contributed by atoms with E-state index in [2.05, 4.69) is 4.90 Å². The lowest BCUT2D eigenvalue weighted by molar-refractivity contribution is -0.129. The third-order valence-corrected chi connectivity index (χ3v) is 4.69. The van der Waals surface area contributed by atoms with Crippen LogP contribution < -0.4 is 14.5 Å². The van der Waals surface area contributed by atoms with Crippen LogP contribution in [0.4, 0.5) is 15.8 Å². The van der Waals surface area contributed by atoms with Crippen LogP contribution in [-0.2, 0) is 4.79 Å². The molecule has 1 amide bonds. The van der Waals surface area contributed by atoms with E-state index in [-0.39, 0.29) is 11.7 Å². The standard InChI is InChI=1S/C20H24FN3O2/c1-22(18-5-3-4-6-19(18)26-2)15-20(25)24-13-11-23(12-14-24)17-9-7-16(21)8-10-17/h3-10H,11-15H2,1-2H3. The Kier molecular flexibility index (Phi) is 5.61. The fraction of sp³-hybridized carbons (Fsp3) is 0.350. The molecule has 0 aliphatic carbocycles. The molecule has 2 aromatic rings. The summed E-state index contributed by atoms with van der Waals surface area (Å²) in [6.45, 7) is 3.12. The van der Waals surface area contributed by atoms with Crippen LogP contribution >= 0.6 is 0 Å². The Balaban J connectivity index is 1.56. The Hall–Kier alpha value is -2.76. The lowest BCUT2D eigenvalue weighted by Gasteiger charge is -2.37. The molecule has 1 fully saturated rings. The predicted octanol–water partition coefficient (Wildman–Crippen LogP) is 2.62. The van der Waals surface area contributed by atoms with Crippen molar-refractivity contribution < 1.29 is 13.9 Å². The number of hydrogen-bond acceptors (Lipinski definition) is 4. The molecule has 3 rings (SSSR count). The highest BCUT2D eigenvalue weighted by Crippen LogP contribution is 2.26. The maximum Gasteiger partial charge on any atom is 0.242 e. The van der Waals surface area contributed by atoms with Crippen molar-refractivity contribution >= 4 is 17.3 Å². The lowest BCUT2D eigenvalue weighted by atomic mass is 10.2. The number of nitrogens with zero attached hydrogens (tertiary/aromatic N) is 3. The molecule has 1 saturated heterocycles. The summed E-state index contributed by atoms with van der Waals surface area (Å²) in [6, 6.07) is 14.2. The van der Waals surface area contributed by atoms with Gasteiger partial charge in [0.15, 0.2) is 0 Å². The summed E-state index contributed by atoms with van der Waals surface area (Å²) in [4.78, 5) is 18.6. The molecule has 26 heavy (non-hydrogen) atoms. The Labute approximate surface area is 153 Å². The number of carbonyl (C=O) groups is 1. The molecular formula is C20H24FN3O2. The van der Waals surface area contributed by atoms with E-state index in [9.17, 15) is 9.18 Å². The fourth-order valence-electron chi connectivity index (χ4n) is 3.20. The highest BCUT2D eigenvalue weighted by molar-refractivity contribution is 5.82. The number of carbonyl (C=O) groups excluding carboxylic acids is 1. The van der Waals surface area contributed by atoms with E-state index >= 15 is 0 Å². The summed E-state index contributed by atoms with van der Waals surface area (Å²) in [5.41, 5.74) is 1.89. The number of hydrogen-bond donors (Lipinski definition) is 0. The van der Waals surface area contributed by atoms with Gasteiger partial charge in [-0.05, 0) is 36.4 Å². The van der Waals surface area contributed by atoms with E-state index in [4.69, 9.17) is 4.74 Å². The zero-order valence-electron chi connectivity index (χ0n) is 15.2.